The van der Waals surface area contributed by atoms with Gasteiger partial charge in [0.15, 0.2) is 0 Å². The third-order valence-electron chi connectivity index (χ3n) is 3.98. The molecule has 0 aliphatic carbocycles. The highest BCUT2D eigenvalue weighted by molar-refractivity contribution is 5.98. The first kappa shape index (κ1) is 21.0. The van der Waals surface area contributed by atoms with Gasteiger partial charge in [0.25, 0.3) is 5.91 Å². The molecular formula is C20H32N2O3. The second-order valence-corrected chi connectivity index (χ2v) is 7.21. The minimum absolute atomic E-state index is 0.0627. The molecule has 1 aromatic carbocycles. The van der Waals surface area contributed by atoms with E-state index < -0.39 is 5.54 Å². The van der Waals surface area contributed by atoms with Gasteiger partial charge < -0.3 is 4.74 Å². The van der Waals surface area contributed by atoms with E-state index >= 15 is 0 Å². The molecule has 1 rings (SSSR count). The van der Waals surface area contributed by atoms with E-state index in [2.05, 4.69) is 12.3 Å². The van der Waals surface area contributed by atoms with Gasteiger partial charge in [0.2, 0.25) is 5.91 Å². The number of hydrazine groups is 1. The van der Waals surface area contributed by atoms with Crippen molar-refractivity contribution in [3.8, 4) is 5.75 Å². The molecule has 2 amide bonds. The molecule has 25 heavy (non-hydrogen) atoms. The lowest BCUT2D eigenvalue weighted by Crippen LogP contribution is -2.55. The van der Waals surface area contributed by atoms with Crippen molar-refractivity contribution in [3.05, 3.63) is 29.8 Å². The third-order valence-corrected chi connectivity index (χ3v) is 3.98. The van der Waals surface area contributed by atoms with Gasteiger partial charge in [-0.1, -0.05) is 44.7 Å². The van der Waals surface area contributed by atoms with Crippen LogP contribution in [0.25, 0.3) is 0 Å². The van der Waals surface area contributed by atoms with E-state index in [1.807, 2.05) is 20.8 Å². The number of methoxy groups -OCH3 is 1. The molecule has 0 aromatic heterocycles. The van der Waals surface area contributed by atoms with E-state index in [-0.39, 0.29) is 11.8 Å². The first-order chi connectivity index (χ1) is 11.8. The number of carbonyl (C=O) groups is 2. The van der Waals surface area contributed by atoms with Crippen LogP contribution in [0.15, 0.2) is 24.3 Å². The number of hydrogen-bond donors (Lipinski definition) is 1. The van der Waals surface area contributed by atoms with Gasteiger partial charge in [0, 0.05) is 6.42 Å². The van der Waals surface area contributed by atoms with Crippen LogP contribution in [0.2, 0.25) is 0 Å². The summed E-state index contributed by atoms with van der Waals surface area (Å²) in [6.07, 6.45) is 5.84. The molecule has 0 spiro atoms. The molecule has 0 radical (unpaired) electrons. The molecule has 0 atom stereocenters. The average Bonchev–Trinajstić information content (AvgIpc) is 2.58. The topological polar surface area (TPSA) is 58.6 Å². The standard InChI is InChI=1S/C20H32N2O3/c1-6-7-8-9-10-15-18(23)22(20(2,3)4)21-19(24)16-13-11-12-14-17(16)25-5/h11-14H,6-10,15H2,1-5H3,(H,21,24). The van der Waals surface area contributed by atoms with Crippen molar-refractivity contribution >= 4 is 11.8 Å². The maximum atomic E-state index is 12.6. The number of nitrogens with one attached hydrogen (secondary N) is 1. The van der Waals surface area contributed by atoms with Gasteiger partial charge in [-0.25, -0.2) is 5.01 Å². The van der Waals surface area contributed by atoms with Gasteiger partial charge in [0.05, 0.1) is 18.2 Å². The third kappa shape index (κ3) is 6.77. The molecular weight excluding hydrogens is 316 g/mol. The lowest BCUT2D eigenvalue weighted by molar-refractivity contribution is -0.139. The molecule has 0 saturated heterocycles. The Morgan fingerprint density at radius 3 is 2.32 bits per heavy atom. The molecule has 1 N–H and O–H groups in total. The van der Waals surface area contributed by atoms with Gasteiger partial charge in [-0.05, 0) is 39.3 Å². The summed E-state index contributed by atoms with van der Waals surface area (Å²) in [4.78, 5) is 25.2. The van der Waals surface area contributed by atoms with E-state index in [9.17, 15) is 9.59 Å². The summed E-state index contributed by atoms with van der Waals surface area (Å²) < 4.78 is 5.23. The Morgan fingerprint density at radius 1 is 1.08 bits per heavy atom. The zero-order chi connectivity index (χ0) is 18.9. The predicted octanol–water partition coefficient (Wildman–Crippen LogP) is 4.33. The minimum Gasteiger partial charge on any atom is -0.496 e. The fourth-order valence-corrected chi connectivity index (χ4v) is 2.59. The lowest BCUT2D eigenvalue weighted by atomic mass is 10.1. The SMILES string of the molecule is CCCCCCCC(=O)N(NC(=O)c1ccccc1OC)C(C)(C)C. The zero-order valence-corrected chi connectivity index (χ0v) is 16.2. The largest absolute Gasteiger partial charge is 0.496 e. The molecule has 0 heterocycles. The summed E-state index contributed by atoms with van der Waals surface area (Å²) in [5, 5.41) is 1.45. The second-order valence-electron chi connectivity index (χ2n) is 7.21. The highest BCUT2D eigenvalue weighted by Crippen LogP contribution is 2.19. The van der Waals surface area contributed by atoms with Crippen LogP contribution >= 0.6 is 0 Å². The highest BCUT2D eigenvalue weighted by Gasteiger charge is 2.28. The smallest absolute Gasteiger partial charge is 0.273 e. The molecule has 0 aliphatic heterocycles. The van der Waals surface area contributed by atoms with Gasteiger partial charge in [-0.2, -0.15) is 0 Å². The van der Waals surface area contributed by atoms with Gasteiger partial charge in [-0.15, -0.1) is 0 Å². The fourth-order valence-electron chi connectivity index (χ4n) is 2.59. The number of nitrogens with zero attached hydrogens (tertiary/aromatic N) is 1. The summed E-state index contributed by atoms with van der Waals surface area (Å²) in [6.45, 7) is 7.89. The average molecular weight is 348 g/mol. The van der Waals surface area contributed by atoms with Crippen LogP contribution in [0, 0.1) is 0 Å². The van der Waals surface area contributed by atoms with E-state index in [0.29, 0.717) is 17.7 Å². The van der Waals surface area contributed by atoms with E-state index in [1.165, 1.54) is 25.0 Å². The number of ether oxygens (including phenoxy) is 1. The van der Waals surface area contributed by atoms with E-state index in [4.69, 9.17) is 4.74 Å². The first-order valence-electron chi connectivity index (χ1n) is 9.08. The van der Waals surface area contributed by atoms with Gasteiger partial charge in [0.1, 0.15) is 5.75 Å². The monoisotopic (exact) mass is 348 g/mol. The number of carbonyl (C=O) groups excluding carboxylic acids is 2. The van der Waals surface area contributed by atoms with Crippen molar-refractivity contribution in [2.24, 2.45) is 0 Å². The molecule has 140 valence electrons. The van der Waals surface area contributed by atoms with Crippen LogP contribution in [0.4, 0.5) is 0 Å². The molecule has 0 aliphatic rings. The Kier molecular flexibility index (Phi) is 8.46. The van der Waals surface area contributed by atoms with Crippen LogP contribution in [0.1, 0.15) is 76.6 Å². The quantitative estimate of drug-likeness (QED) is 0.562. The number of benzene rings is 1. The molecule has 0 bridgehead atoms. The molecule has 5 heteroatoms. The van der Waals surface area contributed by atoms with Crippen LogP contribution in [0.3, 0.4) is 0 Å². The predicted molar refractivity (Wildman–Crippen MR) is 100 cm³/mol. The minimum atomic E-state index is -0.502. The van der Waals surface area contributed by atoms with Gasteiger partial charge in [-0.3, -0.25) is 15.0 Å². The zero-order valence-electron chi connectivity index (χ0n) is 16.2. The lowest BCUT2D eigenvalue weighted by Gasteiger charge is -2.35. The van der Waals surface area contributed by atoms with Crippen LogP contribution < -0.4 is 10.2 Å². The van der Waals surface area contributed by atoms with Crippen molar-refractivity contribution in [3.63, 3.8) is 0 Å². The Morgan fingerprint density at radius 2 is 1.72 bits per heavy atom. The summed E-state index contributed by atoms with van der Waals surface area (Å²) >= 11 is 0. The first-order valence-corrected chi connectivity index (χ1v) is 9.08. The number of unbranched alkanes of at least 4 members (excludes halogenated alkanes) is 4. The highest BCUT2D eigenvalue weighted by atomic mass is 16.5. The molecule has 0 unspecified atom stereocenters. The maximum Gasteiger partial charge on any atom is 0.273 e. The summed E-state index contributed by atoms with van der Waals surface area (Å²) in [5.41, 5.74) is 2.67. The van der Waals surface area contributed by atoms with E-state index in [1.54, 1.807) is 24.3 Å². The Balaban J connectivity index is 2.76. The number of para-hydroxylation sites is 1. The van der Waals surface area contributed by atoms with E-state index in [0.717, 1.165) is 19.3 Å². The van der Waals surface area contributed by atoms with Crippen LogP contribution in [0.5, 0.6) is 5.75 Å². The maximum absolute atomic E-state index is 12.6. The number of hydrogen-bond acceptors (Lipinski definition) is 3. The van der Waals surface area contributed by atoms with Crippen molar-refractivity contribution in [2.45, 2.75) is 71.8 Å². The molecule has 0 saturated carbocycles. The second kappa shape index (κ2) is 10.1. The van der Waals surface area contributed by atoms with Crippen LogP contribution in [-0.4, -0.2) is 29.5 Å². The molecule has 5 nitrogen and oxygen atoms in total. The number of rotatable bonds is 8. The summed E-state index contributed by atoms with van der Waals surface area (Å²) in [7, 11) is 1.52. The van der Waals surface area contributed by atoms with Crippen molar-refractivity contribution < 1.29 is 14.3 Å². The van der Waals surface area contributed by atoms with Gasteiger partial charge >= 0.3 is 0 Å². The molecule has 1 aromatic rings. The Bertz CT molecular complexity index is 564. The Labute approximate surface area is 151 Å². The summed E-state index contributed by atoms with van der Waals surface area (Å²) in [5.74, 6) is 0.0832. The fraction of sp³-hybridized carbons (Fsp3) is 0.600. The summed E-state index contributed by atoms with van der Waals surface area (Å²) in [6, 6.07) is 6.99. The Hall–Kier alpha value is -2.04. The number of amides is 2. The van der Waals surface area contributed by atoms with Crippen LogP contribution in [-0.2, 0) is 4.79 Å². The van der Waals surface area contributed by atoms with Crippen molar-refractivity contribution in [2.75, 3.05) is 7.11 Å². The van der Waals surface area contributed by atoms with Crippen molar-refractivity contribution in [1.29, 1.82) is 0 Å². The molecule has 0 fully saturated rings. The normalized spacial score (nSPS) is 11.1. The van der Waals surface area contributed by atoms with Crippen molar-refractivity contribution in [1.82, 2.24) is 10.4 Å².